The van der Waals surface area contributed by atoms with Gasteiger partial charge in [0, 0.05) is 23.9 Å². The van der Waals surface area contributed by atoms with Crippen LogP contribution in [0.4, 0.5) is 11.5 Å². The first kappa shape index (κ1) is 13.2. The van der Waals surface area contributed by atoms with Crippen LogP contribution >= 0.6 is 0 Å². The molecule has 0 radical (unpaired) electrons. The van der Waals surface area contributed by atoms with Gasteiger partial charge in [-0.3, -0.25) is 14.9 Å². The van der Waals surface area contributed by atoms with Crippen molar-refractivity contribution in [3.05, 3.63) is 63.8 Å². The lowest BCUT2D eigenvalue weighted by Gasteiger charge is -2.04. The van der Waals surface area contributed by atoms with Crippen LogP contribution in [0.1, 0.15) is 15.9 Å². The molecule has 1 amide bonds. The fourth-order valence-electron chi connectivity index (χ4n) is 1.48. The largest absolute Gasteiger partial charge is 0.307 e. The van der Waals surface area contributed by atoms with Gasteiger partial charge in [0.15, 0.2) is 0 Å². The third kappa shape index (κ3) is 2.94. The van der Waals surface area contributed by atoms with E-state index in [9.17, 15) is 14.9 Å². The summed E-state index contributed by atoms with van der Waals surface area (Å²) in [5.74, 6) is -0.244. The number of nitrogens with zero attached hydrogens (tertiary/aromatic N) is 3. The van der Waals surface area contributed by atoms with Gasteiger partial charge in [-0.2, -0.15) is 5.26 Å². The van der Waals surface area contributed by atoms with Gasteiger partial charge in [-0.25, -0.2) is 4.98 Å². The van der Waals surface area contributed by atoms with Crippen molar-refractivity contribution in [2.75, 3.05) is 5.32 Å². The molecule has 7 nitrogen and oxygen atoms in total. The number of hydrogen-bond donors (Lipinski definition) is 1. The quantitative estimate of drug-likeness (QED) is 0.677. The van der Waals surface area contributed by atoms with Gasteiger partial charge in [0.2, 0.25) is 0 Å². The van der Waals surface area contributed by atoms with Crippen LogP contribution in [0.25, 0.3) is 0 Å². The van der Waals surface area contributed by atoms with Gasteiger partial charge in [-0.15, -0.1) is 0 Å². The molecule has 0 fully saturated rings. The molecule has 20 heavy (non-hydrogen) atoms. The van der Waals surface area contributed by atoms with Crippen LogP contribution < -0.4 is 5.32 Å². The first-order chi connectivity index (χ1) is 9.60. The number of carbonyl (C=O) groups excluding carboxylic acids is 1. The van der Waals surface area contributed by atoms with Gasteiger partial charge in [-0.05, 0) is 18.2 Å². The Labute approximate surface area is 113 Å². The average Bonchev–Trinajstić information content (AvgIpc) is 2.48. The van der Waals surface area contributed by atoms with E-state index in [-0.39, 0.29) is 17.1 Å². The minimum atomic E-state index is -0.573. The number of hydrogen-bond acceptors (Lipinski definition) is 5. The molecule has 0 saturated heterocycles. The zero-order chi connectivity index (χ0) is 14.5. The number of nitrogens with one attached hydrogen (secondary N) is 1. The Morgan fingerprint density at radius 2 is 2.15 bits per heavy atom. The molecule has 1 N–H and O–H groups in total. The maximum Gasteiger partial charge on any atom is 0.270 e. The summed E-state index contributed by atoms with van der Waals surface area (Å²) < 4.78 is 0. The SMILES string of the molecule is N#Cc1ccc(NC(=O)c2cccc([N+](=O)[O-])c2)nc1. The third-order valence-electron chi connectivity index (χ3n) is 2.45. The molecule has 98 valence electrons. The molecular formula is C13H8N4O3. The fraction of sp³-hybridized carbons (Fsp3) is 0. The van der Waals surface area contributed by atoms with Crippen molar-refractivity contribution >= 4 is 17.4 Å². The Balaban J connectivity index is 2.17. The van der Waals surface area contributed by atoms with E-state index in [4.69, 9.17) is 5.26 Å². The van der Waals surface area contributed by atoms with E-state index in [1.165, 1.54) is 42.6 Å². The highest BCUT2D eigenvalue weighted by molar-refractivity contribution is 6.04. The Hall–Kier alpha value is -3.27. The van der Waals surface area contributed by atoms with Gasteiger partial charge in [0.25, 0.3) is 11.6 Å². The van der Waals surface area contributed by atoms with Crippen molar-refractivity contribution in [3.8, 4) is 6.07 Å². The molecule has 0 aliphatic carbocycles. The van der Waals surface area contributed by atoms with Crippen molar-refractivity contribution in [1.82, 2.24) is 4.98 Å². The van der Waals surface area contributed by atoms with Gasteiger partial charge in [-0.1, -0.05) is 6.07 Å². The van der Waals surface area contributed by atoms with E-state index in [1.807, 2.05) is 6.07 Å². The minimum absolute atomic E-state index is 0.158. The van der Waals surface area contributed by atoms with Gasteiger partial charge in [0.1, 0.15) is 11.9 Å². The Morgan fingerprint density at radius 1 is 1.35 bits per heavy atom. The Bertz CT molecular complexity index is 704. The number of amides is 1. The van der Waals surface area contributed by atoms with E-state index in [1.54, 1.807) is 0 Å². The predicted molar refractivity (Wildman–Crippen MR) is 70.0 cm³/mol. The number of rotatable bonds is 3. The molecule has 1 aromatic carbocycles. The Morgan fingerprint density at radius 3 is 2.75 bits per heavy atom. The van der Waals surface area contributed by atoms with E-state index >= 15 is 0 Å². The maximum atomic E-state index is 11.9. The number of non-ortho nitro benzene ring substituents is 1. The molecule has 0 spiro atoms. The second-order valence-corrected chi connectivity index (χ2v) is 3.81. The monoisotopic (exact) mass is 268 g/mol. The van der Waals surface area contributed by atoms with Crippen LogP contribution in [0.15, 0.2) is 42.6 Å². The molecule has 0 atom stereocenters. The molecule has 0 unspecified atom stereocenters. The summed E-state index contributed by atoms with van der Waals surface area (Å²) in [5.41, 5.74) is 0.370. The highest BCUT2D eigenvalue weighted by atomic mass is 16.6. The van der Waals surface area contributed by atoms with Gasteiger partial charge < -0.3 is 5.32 Å². The maximum absolute atomic E-state index is 11.9. The molecule has 0 aliphatic rings. The smallest absolute Gasteiger partial charge is 0.270 e. The first-order valence-electron chi connectivity index (χ1n) is 5.52. The van der Waals surface area contributed by atoms with Crippen LogP contribution in [-0.4, -0.2) is 15.8 Å². The van der Waals surface area contributed by atoms with Crippen LogP contribution in [-0.2, 0) is 0 Å². The number of nitro groups is 1. The topological polar surface area (TPSA) is 109 Å². The number of benzene rings is 1. The second kappa shape index (κ2) is 5.58. The number of carbonyl (C=O) groups is 1. The van der Waals surface area contributed by atoms with E-state index in [0.29, 0.717) is 5.56 Å². The summed E-state index contributed by atoms with van der Waals surface area (Å²) in [5, 5.41) is 21.8. The first-order valence-corrected chi connectivity index (χ1v) is 5.52. The predicted octanol–water partition coefficient (Wildman–Crippen LogP) is 2.11. The fourth-order valence-corrected chi connectivity index (χ4v) is 1.48. The second-order valence-electron chi connectivity index (χ2n) is 3.81. The molecule has 1 aromatic heterocycles. The molecule has 2 aromatic rings. The highest BCUT2D eigenvalue weighted by Crippen LogP contribution is 2.14. The van der Waals surface area contributed by atoms with Crippen molar-refractivity contribution in [1.29, 1.82) is 5.26 Å². The lowest BCUT2D eigenvalue weighted by atomic mass is 10.2. The Kier molecular flexibility index (Phi) is 3.67. The lowest BCUT2D eigenvalue weighted by molar-refractivity contribution is -0.384. The average molecular weight is 268 g/mol. The third-order valence-corrected chi connectivity index (χ3v) is 2.45. The van der Waals surface area contributed by atoms with E-state index < -0.39 is 10.8 Å². The normalized spacial score (nSPS) is 9.55. The summed E-state index contributed by atoms with van der Waals surface area (Å²) in [6.45, 7) is 0. The summed E-state index contributed by atoms with van der Waals surface area (Å²) in [6, 6.07) is 10.3. The van der Waals surface area contributed by atoms with Crippen molar-refractivity contribution in [3.63, 3.8) is 0 Å². The van der Waals surface area contributed by atoms with E-state index in [2.05, 4.69) is 10.3 Å². The summed E-state index contributed by atoms with van der Waals surface area (Å²) >= 11 is 0. The number of aromatic nitrogens is 1. The molecule has 0 aliphatic heterocycles. The highest BCUT2D eigenvalue weighted by Gasteiger charge is 2.11. The van der Waals surface area contributed by atoms with Crippen LogP contribution in [0.3, 0.4) is 0 Å². The number of pyridine rings is 1. The van der Waals surface area contributed by atoms with Crippen molar-refractivity contribution in [2.24, 2.45) is 0 Å². The lowest BCUT2D eigenvalue weighted by Crippen LogP contribution is -2.13. The summed E-state index contributed by atoms with van der Waals surface area (Å²) in [6.07, 6.45) is 1.32. The number of anilines is 1. The molecule has 0 saturated carbocycles. The van der Waals surface area contributed by atoms with Gasteiger partial charge >= 0.3 is 0 Å². The van der Waals surface area contributed by atoms with Gasteiger partial charge in [0.05, 0.1) is 10.5 Å². The number of nitro benzene ring substituents is 1. The molecular weight excluding hydrogens is 260 g/mol. The molecule has 7 heteroatoms. The molecule has 1 heterocycles. The van der Waals surface area contributed by atoms with Crippen LogP contribution in [0, 0.1) is 21.4 Å². The number of nitriles is 1. The van der Waals surface area contributed by atoms with Crippen molar-refractivity contribution < 1.29 is 9.72 Å². The molecule has 0 bridgehead atoms. The van der Waals surface area contributed by atoms with E-state index in [0.717, 1.165) is 0 Å². The summed E-state index contributed by atoms with van der Waals surface area (Å²) in [7, 11) is 0. The zero-order valence-corrected chi connectivity index (χ0v) is 10.1. The molecule has 2 rings (SSSR count). The van der Waals surface area contributed by atoms with Crippen LogP contribution in [0.5, 0.6) is 0 Å². The van der Waals surface area contributed by atoms with Crippen molar-refractivity contribution in [2.45, 2.75) is 0 Å². The minimum Gasteiger partial charge on any atom is -0.307 e. The zero-order valence-electron chi connectivity index (χ0n) is 10.1. The standard InChI is InChI=1S/C13H8N4O3/c14-7-9-4-5-12(15-8-9)16-13(18)10-2-1-3-11(6-10)17(19)20/h1-6,8H,(H,15,16,18). The summed E-state index contributed by atoms with van der Waals surface area (Å²) in [4.78, 5) is 25.9. The van der Waals surface area contributed by atoms with Crippen LogP contribution in [0.2, 0.25) is 0 Å².